The number of aromatic nitrogens is 3. The van der Waals surface area contributed by atoms with Crippen LogP contribution in [0, 0.1) is 12.8 Å². The van der Waals surface area contributed by atoms with Crippen LogP contribution in [0.3, 0.4) is 0 Å². The summed E-state index contributed by atoms with van der Waals surface area (Å²) in [7, 11) is 3.13. The highest BCUT2D eigenvalue weighted by Crippen LogP contribution is 2.36. The van der Waals surface area contributed by atoms with Gasteiger partial charge in [-0.25, -0.2) is 4.98 Å². The monoisotopic (exact) mass is 606 g/mol. The lowest BCUT2D eigenvalue weighted by molar-refractivity contribution is 0.0612. The summed E-state index contributed by atoms with van der Waals surface area (Å²) in [5.41, 5.74) is 3.17. The molecule has 4 heterocycles. The molecule has 0 spiro atoms. The van der Waals surface area contributed by atoms with Crippen molar-refractivity contribution in [1.82, 2.24) is 14.5 Å². The van der Waals surface area contributed by atoms with E-state index >= 15 is 0 Å². The molecule has 1 aliphatic heterocycles. The summed E-state index contributed by atoms with van der Waals surface area (Å²) in [6.07, 6.45) is 8.49. The first-order chi connectivity index (χ1) is 21.9. The van der Waals surface area contributed by atoms with Crippen molar-refractivity contribution in [2.45, 2.75) is 26.3 Å². The molecule has 0 unspecified atom stereocenters. The molecule has 2 aromatic carbocycles. The Morgan fingerprint density at radius 1 is 0.956 bits per heavy atom. The second kappa shape index (κ2) is 13.2. The molecule has 230 valence electrons. The highest BCUT2D eigenvalue weighted by atomic mass is 16.5. The number of carbonyl (C=O) groups is 1. The summed E-state index contributed by atoms with van der Waals surface area (Å²) in [6, 6.07) is 16.4. The number of carbonyl (C=O) groups excluding carboxylic acids is 1. The smallest absolute Gasteiger partial charge is 0.261 e. The Balaban J connectivity index is 1.24. The Hall–Kier alpha value is -5.22. The summed E-state index contributed by atoms with van der Waals surface area (Å²) in [5.74, 6) is 1.85. The predicted octanol–water partition coefficient (Wildman–Crippen LogP) is 6.26. The summed E-state index contributed by atoms with van der Waals surface area (Å²) in [4.78, 5) is 35.9. The van der Waals surface area contributed by atoms with Crippen LogP contribution in [0.5, 0.6) is 23.1 Å². The number of hydrogen-bond donors (Lipinski definition) is 1. The number of nitrogens with zero attached hydrogens (tertiary/aromatic N) is 3. The maximum atomic E-state index is 13.6. The van der Waals surface area contributed by atoms with Crippen LogP contribution in [0.4, 0.5) is 5.69 Å². The summed E-state index contributed by atoms with van der Waals surface area (Å²) in [6.45, 7) is 4.13. The molecule has 0 aliphatic carbocycles. The maximum absolute atomic E-state index is 13.6. The largest absolute Gasteiger partial charge is 0.493 e. The lowest BCUT2D eigenvalue weighted by Gasteiger charge is -2.23. The van der Waals surface area contributed by atoms with Crippen LogP contribution >= 0.6 is 0 Å². The van der Waals surface area contributed by atoms with Crippen molar-refractivity contribution in [3.8, 4) is 34.3 Å². The fourth-order valence-electron chi connectivity index (χ4n) is 5.43. The van der Waals surface area contributed by atoms with Gasteiger partial charge in [0.2, 0.25) is 11.3 Å². The van der Waals surface area contributed by atoms with Crippen molar-refractivity contribution < 1.29 is 23.7 Å². The van der Waals surface area contributed by atoms with Gasteiger partial charge in [-0.3, -0.25) is 14.6 Å². The number of rotatable bonds is 9. The fourth-order valence-corrected chi connectivity index (χ4v) is 5.43. The average Bonchev–Trinajstić information content (AvgIpc) is 3.06. The highest BCUT2D eigenvalue weighted by molar-refractivity contribution is 6.04. The fraction of sp³-hybridized carbons (Fsp3) is 0.257. The molecule has 1 N–H and O–H groups in total. The zero-order chi connectivity index (χ0) is 31.3. The molecule has 5 aromatic rings. The zero-order valence-electron chi connectivity index (χ0n) is 25.4. The SMILES string of the molecule is COc1cc2nccc(Oc3ccc(NC(=O)c4cn(CC5CCOCC5)cc(-c5ccc(C)cc5)c4=O)cn3)c2cc1OC. The van der Waals surface area contributed by atoms with E-state index < -0.39 is 5.91 Å². The van der Waals surface area contributed by atoms with E-state index in [1.807, 2.05) is 42.0 Å². The lowest BCUT2D eigenvalue weighted by Crippen LogP contribution is -2.26. The Morgan fingerprint density at radius 3 is 2.42 bits per heavy atom. The minimum absolute atomic E-state index is 0.0630. The van der Waals surface area contributed by atoms with Gasteiger partial charge >= 0.3 is 0 Å². The van der Waals surface area contributed by atoms with Crippen LogP contribution in [0.25, 0.3) is 22.0 Å². The zero-order valence-corrected chi connectivity index (χ0v) is 25.4. The predicted molar refractivity (Wildman–Crippen MR) is 172 cm³/mol. The number of aryl methyl sites for hydroxylation is 1. The first-order valence-electron chi connectivity index (χ1n) is 14.8. The quantitative estimate of drug-likeness (QED) is 0.209. The molecule has 3 aromatic heterocycles. The van der Waals surface area contributed by atoms with E-state index in [1.54, 1.807) is 56.9 Å². The van der Waals surface area contributed by atoms with Gasteiger partial charge in [-0.1, -0.05) is 29.8 Å². The van der Waals surface area contributed by atoms with E-state index in [2.05, 4.69) is 15.3 Å². The van der Waals surface area contributed by atoms with Crippen molar-refractivity contribution in [2.24, 2.45) is 5.92 Å². The van der Waals surface area contributed by atoms with Gasteiger partial charge in [-0.2, -0.15) is 0 Å². The van der Waals surface area contributed by atoms with Crippen molar-refractivity contribution >= 4 is 22.5 Å². The number of methoxy groups -OCH3 is 2. The molecule has 10 nitrogen and oxygen atoms in total. The van der Waals surface area contributed by atoms with Crippen LogP contribution in [-0.4, -0.2) is 47.9 Å². The highest BCUT2D eigenvalue weighted by Gasteiger charge is 2.20. The molecule has 10 heteroatoms. The number of ether oxygens (including phenoxy) is 4. The van der Waals surface area contributed by atoms with Gasteiger partial charge in [0.05, 0.1) is 31.6 Å². The van der Waals surface area contributed by atoms with Gasteiger partial charge in [0.1, 0.15) is 11.3 Å². The van der Waals surface area contributed by atoms with E-state index in [0.29, 0.717) is 52.4 Å². The molecule has 6 rings (SSSR count). The van der Waals surface area contributed by atoms with Gasteiger partial charge in [0, 0.05) is 61.4 Å². The van der Waals surface area contributed by atoms with Crippen LogP contribution < -0.4 is 25.0 Å². The van der Waals surface area contributed by atoms with Crippen molar-refractivity contribution in [2.75, 3.05) is 32.8 Å². The van der Waals surface area contributed by atoms with Crippen LogP contribution in [0.2, 0.25) is 0 Å². The maximum Gasteiger partial charge on any atom is 0.261 e. The molecule has 0 bridgehead atoms. The molecule has 1 aliphatic rings. The van der Waals surface area contributed by atoms with E-state index in [4.69, 9.17) is 18.9 Å². The third kappa shape index (κ3) is 6.66. The molecule has 1 fully saturated rings. The number of amides is 1. The summed E-state index contributed by atoms with van der Waals surface area (Å²) in [5, 5.41) is 3.56. The minimum Gasteiger partial charge on any atom is -0.493 e. The standard InChI is InChI=1S/C35H34N4O6/c1-22-4-6-24(7-5-22)27-20-39(19-23-11-14-44-15-12-23)21-28(34(27)40)35(41)38-25-8-9-33(37-18-25)45-30-10-13-36-29-17-32(43-3)31(42-2)16-26(29)30/h4-10,13,16-18,20-21,23H,11-12,14-15,19H2,1-3H3,(H,38,41). The number of fused-ring (bicyclic) bond motifs is 1. The van der Waals surface area contributed by atoms with Crippen LogP contribution in [0.1, 0.15) is 28.8 Å². The second-order valence-electron chi connectivity index (χ2n) is 11.0. The number of benzene rings is 2. The first-order valence-corrected chi connectivity index (χ1v) is 14.8. The van der Waals surface area contributed by atoms with Gasteiger partial charge in [-0.15, -0.1) is 0 Å². The molecule has 0 radical (unpaired) electrons. The van der Waals surface area contributed by atoms with Crippen LogP contribution in [-0.2, 0) is 11.3 Å². The van der Waals surface area contributed by atoms with Crippen molar-refractivity contribution in [1.29, 1.82) is 0 Å². The number of pyridine rings is 3. The molecular weight excluding hydrogens is 572 g/mol. The Labute approximate surface area is 260 Å². The molecule has 1 amide bonds. The van der Waals surface area contributed by atoms with Crippen molar-refractivity contribution in [3.05, 3.63) is 101 Å². The van der Waals surface area contributed by atoms with E-state index in [0.717, 1.165) is 42.6 Å². The van der Waals surface area contributed by atoms with Gasteiger partial charge in [-0.05, 0) is 49.4 Å². The topological polar surface area (TPSA) is 114 Å². The first kappa shape index (κ1) is 29.8. The lowest BCUT2D eigenvalue weighted by atomic mass is 9.99. The average molecular weight is 607 g/mol. The Morgan fingerprint density at radius 2 is 1.71 bits per heavy atom. The molecule has 0 saturated carbocycles. The van der Waals surface area contributed by atoms with Crippen LogP contribution in [0.15, 0.2) is 84.2 Å². The molecule has 0 atom stereocenters. The second-order valence-corrected chi connectivity index (χ2v) is 11.0. The van der Waals surface area contributed by atoms with E-state index in [1.165, 1.54) is 6.20 Å². The van der Waals surface area contributed by atoms with Gasteiger partial charge in [0.25, 0.3) is 5.91 Å². The Kier molecular flexibility index (Phi) is 8.74. The number of anilines is 1. The minimum atomic E-state index is -0.508. The molecule has 45 heavy (non-hydrogen) atoms. The molecular formula is C35H34N4O6. The van der Waals surface area contributed by atoms with Gasteiger partial charge in [0.15, 0.2) is 11.5 Å². The summed E-state index contributed by atoms with van der Waals surface area (Å²) >= 11 is 0. The Bertz CT molecular complexity index is 1880. The third-order valence-corrected chi connectivity index (χ3v) is 7.91. The van der Waals surface area contributed by atoms with E-state index in [9.17, 15) is 9.59 Å². The van der Waals surface area contributed by atoms with E-state index in [-0.39, 0.29) is 11.0 Å². The third-order valence-electron chi connectivity index (χ3n) is 7.91. The number of nitrogens with one attached hydrogen (secondary N) is 1. The van der Waals surface area contributed by atoms with Crippen molar-refractivity contribution in [3.63, 3.8) is 0 Å². The van der Waals surface area contributed by atoms with Gasteiger partial charge < -0.3 is 28.8 Å². The normalized spacial score (nSPS) is 13.4. The summed E-state index contributed by atoms with van der Waals surface area (Å²) < 4.78 is 24.4. The molecule has 1 saturated heterocycles. The number of hydrogen-bond acceptors (Lipinski definition) is 8.